The number of ether oxygens (including phenoxy) is 1. The number of phenols is 1. The van der Waals surface area contributed by atoms with E-state index >= 15 is 0 Å². The smallest absolute Gasteiger partial charge is 0.250 e. The maximum atomic E-state index is 14.7. The van der Waals surface area contributed by atoms with Crippen LogP contribution in [0.1, 0.15) is 136 Å². The van der Waals surface area contributed by atoms with Gasteiger partial charge in [0.1, 0.15) is 25.1 Å². The minimum Gasteiger partial charge on any atom is -0.508 e. The average Bonchev–Trinajstić information content (AvgIpc) is 0.734. The van der Waals surface area contributed by atoms with Crippen LogP contribution in [0.2, 0.25) is 0 Å². The van der Waals surface area contributed by atoms with Crippen molar-refractivity contribution in [2.75, 3.05) is 43.2 Å². The molecular formula is C71H82N8O11. The Morgan fingerprint density at radius 3 is 1.86 bits per heavy atom. The first-order chi connectivity index (χ1) is 43.2. The summed E-state index contributed by atoms with van der Waals surface area (Å²) in [4.78, 5) is 123. The first-order valence-corrected chi connectivity index (χ1v) is 31.4. The van der Waals surface area contributed by atoms with E-state index in [1.54, 1.807) is 41.3 Å². The van der Waals surface area contributed by atoms with Crippen molar-refractivity contribution >= 4 is 76.7 Å². The lowest BCUT2D eigenvalue weighted by Crippen LogP contribution is -2.60. The Morgan fingerprint density at radius 1 is 0.578 bits per heavy atom. The fourth-order valence-corrected chi connectivity index (χ4v) is 15.3. The molecule has 5 aliphatic rings. The summed E-state index contributed by atoms with van der Waals surface area (Å²) in [6, 6.07) is 34.5. The van der Waals surface area contributed by atoms with Crippen LogP contribution >= 0.6 is 0 Å². The number of para-hydroxylation sites is 1. The highest BCUT2D eigenvalue weighted by atomic mass is 16.5. The van der Waals surface area contributed by atoms with E-state index in [2.05, 4.69) is 51.1 Å². The number of benzene rings is 5. The quantitative estimate of drug-likeness (QED) is 0.0217. The van der Waals surface area contributed by atoms with Crippen molar-refractivity contribution in [2.24, 2.45) is 22.7 Å². The molecule has 10 rings (SSSR count). The van der Waals surface area contributed by atoms with Crippen LogP contribution in [0.3, 0.4) is 0 Å². The van der Waals surface area contributed by atoms with E-state index in [-0.39, 0.29) is 66.7 Å². The molecular weight excluding hydrogens is 1140 g/mol. The van der Waals surface area contributed by atoms with Crippen LogP contribution in [0.25, 0.3) is 12.2 Å². The number of anilines is 2. The maximum absolute atomic E-state index is 14.7. The van der Waals surface area contributed by atoms with E-state index in [9.17, 15) is 48.3 Å². The molecule has 19 heteroatoms. The number of aromatic hydroxyl groups is 1. The second-order valence-corrected chi connectivity index (χ2v) is 25.8. The highest BCUT2D eigenvalue weighted by molar-refractivity contribution is 6.01. The van der Waals surface area contributed by atoms with Gasteiger partial charge in [0.05, 0.1) is 42.7 Å². The molecule has 472 valence electrons. The lowest BCUT2D eigenvalue weighted by atomic mass is 9.49. The maximum Gasteiger partial charge on any atom is 0.250 e. The fourth-order valence-electron chi connectivity index (χ4n) is 15.3. The van der Waals surface area contributed by atoms with Crippen LogP contribution in [0.5, 0.6) is 5.75 Å². The monoisotopic (exact) mass is 1220 g/mol. The zero-order valence-corrected chi connectivity index (χ0v) is 51.8. The molecule has 19 nitrogen and oxygen atoms in total. The molecule has 8 N–H and O–H groups in total. The lowest BCUT2D eigenvalue weighted by molar-refractivity contribution is -0.150. The molecule has 0 radical (unpaired) electrons. The van der Waals surface area contributed by atoms with Crippen LogP contribution < -0.4 is 42.1 Å². The number of nitrogens with one attached hydrogen (secondary N) is 7. The predicted molar refractivity (Wildman–Crippen MR) is 341 cm³/mol. The molecule has 2 saturated carbocycles. The number of fused-ring (bicyclic) bond motifs is 8. The lowest BCUT2D eigenvalue weighted by Gasteiger charge is -2.56. The molecule has 90 heavy (non-hydrogen) atoms. The number of amides is 9. The first kappa shape index (κ1) is 64.0. The molecule has 0 bridgehead atoms. The third kappa shape index (κ3) is 14.1. The molecule has 2 fully saturated rings. The van der Waals surface area contributed by atoms with Gasteiger partial charge < -0.3 is 46.6 Å². The number of imide groups is 1. The van der Waals surface area contributed by atoms with Crippen LogP contribution in [-0.4, -0.2) is 97.3 Å². The Bertz CT molecular complexity index is 3630. The number of nitrogens with zero attached hydrogens (tertiary/aromatic N) is 1. The predicted octanol–water partition coefficient (Wildman–Crippen LogP) is 7.36. The van der Waals surface area contributed by atoms with Gasteiger partial charge in [0.25, 0.3) is 0 Å². The molecule has 1 aliphatic heterocycles. The molecule has 0 spiro atoms. The number of aryl methyl sites for hydroxylation is 2. The van der Waals surface area contributed by atoms with Gasteiger partial charge in [-0.05, 0) is 149 Å². The number of hydrogen-bond donors (Lipinski definition) is 8. The number of hydrogen-bond acceptors (Lipinski definition) is 11. The molecule has 1 heterocycles. The zero-order chi connectivity index (χ0) is 63.8. The zero-order valence-electron chi connectivity index (χ0n) is 51.8. The summed E-state index contributed by atoms with van der Waals surface area (Å²) in [6.45, 7) is 6.55. The van der Waals surface area contributed by atoms with Gasteiger partial charge in [0.2, 0.25) is 53.2 Å². The largest absolute Gasteiger partial charge is 0.508 e. The van der Waals surface area contributed by atoms with Crippen molar-refractivity contribution in [1.82, 2.24) is 31.9 Å². The van der Waals surface area contributed by atoms with Crippen molar-refractivity contribution in [1.29, 1.82) is 0 Å². The first-order valence-electron chi connectivity index (χ1n) is 31.4. The van der Waals surface area contributed by atoms with Crippen molar-refractivity contribution < 1.29 is 53.0 Å². The van der Waals surface area contributed by atoms with Crippen molar-refractivity contribution in [3.63, 3.8) is 0 Å². The number of carbonyl (C=O) groups excluding carboxylic acids is 9. The minimum absolute atomic E-state index is 0.00465. The molecule has 0 aromatic heterocycles. The topological polar surface area (TPSA) is 271 Å². The third-order valence-corrected chi connectivity index (χ3v) is 20.0. The molecule has 7 atom stereocenters. The van der Waals surface area contributed by atoms with E-state index in [1.807, 2.05) is 105 Å². The van der Waals surface area contributed by atoms with E-state index in [0.717, 1.165) is 90.4 Å². The number of rotatable bonds is 20. The van der Waals surface area contributed by atoms with Gasteiger partial charge in [-0.2, -0.15) is 0 Å². The second-order valence-electron chi connectivity index (χ2n) is 25.8. The highest BCUT2D eigenvalue weighted by Gasteiger charge is 2.58. The minimum atomic E-state index is -1.15. The number of phenolic OH excluding ortho intramolecular Hbond substituents is 1. The summed E-state index contributed by atoms with van der Waals surface area (Å²) in [7, 11) is 0. The van der Waals surface area contributed by atoms with Gasteiger partial charge in [-0.3, -0.25) is 48.5 Å². The normalized spacial score (nSPS) is 23.4. The molecule has 0 unspecified atom stereocenters. The van der Waals surface area contributed by atoms with Gasteiger partial charge >= 0.3 is 0 Å². The van der Waals surface area contributed by atoms with Gasteiger partial charge in [0.15, 0.2) is 0 Å². The number of carbonyl (C=O) groups is 9. The summed E-state index contributed by atoms with van der Waals surface area (Å²) in [5, 5.41) is 29.0. The molecule has 9 amide bonds. The van der Waals surface area contributed by atoms with E-state index in [0.29, 0.717) is 30.6 Å². The highest BCUT2D eigenvalue weighted by Crippen LogP contribution is 2.60. The Hall–Kier alpha value is -8.97. The molecule has 5 aromatic carbocycles. The SMILES string of the molecule is C[C@]1(C(=O)NC(=O)[C@@]2(C)CCC[C@]3(C)c4cc(NC(=O)COCNC(=O)CNC(=O)[C@H](Cc5ccccc5)NC(=O)CNC(=O)CNC(=O)CCC(=O)N5Cc6ccccc6/C=C\c6ccccc65)ccc4CC[C@@H]23)CCC[C@]2(C)c3cc(O)ccc3CC[C@@H]12. The van der Waals surface area contributed by atoms with Crippen molar-refractivity contribution in [3.8, 4) is 5.75 Å². The Morgan fingerprint density at radius 2 is 1.16 bits per heavy atom. The van der Waals surface area contributed by atoms with Crippen LogP contribution in [0.15, 0.2) is 115 Å². The van der Waals surface area contributed by atoms with Crippen LogP contribution in [0, 0.1) is 22.7 Å². The van der Waals surface area contributed by atoms with Crippen LogP contribution in [0.4, 0.5) is 11.4 Å². The fraction of sp³-hybridized carbons (Fsp3) is 0.423. The van der Waals surface area contributed by atoms with Gasteiger partial charge in [-0.15, -0.1) is 0 Å². The van der Waals surface area contributed by atoms with Crippen molar-refractivity contribution in [2.45, 2.75) is 135 Å². The van der Waals surface area contributed by atoms with E-state index in [4.69, 9.17) is 4.74 Å². The van der Waals surface area contributed by atoms with Crippen LogP contribution in [-0.2, 0) is 84.5 Å². The molecule has 0 saturated heterocycles. The summed E-state index contributed by atoms with van der Waals surface area (Å²) in [5.41, 5.74) is 6.99. The molecule has 5 aromatic rings. The van der Waals surface area contributed by atoms with Crippen molar-refractivity contribution in [3.05, 3.63) is 160 Å². The van der Waals surface area contributed by atoms with Gasteiger partial charge in [-0.1, -0.05) is 138 Å². The average molecular weight is 1220 g/mol. The summed E-state index contributed by atoms with van der Waals surface area (Å²) in [5.74, 6) is -4.24. The Kier molecular flexibility index (Phi) is 19.5. The van der Waals surface area contributed by atoms with E-state index < -0.39 is 84.0 Å². The second kappa shape index (κ2) is 27.4. The third-order valence-electron chi connectivity index (χ3n) is 20.0. The Balaban J connectivity index is 0.653. The van der Waals surface area contributed by atoms with Gasteiger partial charge in [0, 0.05) is 24.9 Å². The molecule has 4 aliphatic carbocycles. The standard InChI is InChI=1S/C71H82N8O11/c1-68-32-12-34-70(3,66(88)78-67(89)71(4)35-13-33-69(2)54-38-52(80)27-23-48(54)25-29-58(69)71)57(68)28-24-47-22-26-51(37-53(47)68)76-63(85)43-90-44-75-61(83)40-74-65(87)55(36-45-14-6-5-7-15-45)77-62(84)41-73-60(82)39-72-59(81)30-31-64(86)79-42-50-18-9-8-16-46(50)20-21-49-17-10-11-19-56(49)79/h5-11,14-23,26-27,37-38,55,57-58,80H,12-13,24-25,28-36,39-44H2,1-4H3,(H,72,81)(H,73,82)(H,74,87)(H,75,83)(H,76,85)(H,77,84)(H,78,88,89)/b21-20-/t55-,57+,58+,68+,69+,70-,71-/m0/s1. The summed E-state index contributed by atoms with van der Waals surface area (Å²) in [6.07, 6.45) is 11.6. The van der Waals surface area contributed by atoms with E-state index in [1.165, 1.54) is 5.56 Å². The summed E-state index contributed by atoms with van der Waals surface area (Å²) < 4.78 is 5.51. The van der Waals surface area contributed by atoms with Gasteiger partial charge in [-0.25, -0.2) is 0 Å². The summed E-state index contributed by atoms with van der Waals surface area (Å²) >= 11 is 0. The Labute approximate surface area is 525 Å².